The van der Waals surface area contributed by atoms with Crippen molar-refractivity contribution >= 4 is 29.2 Å². The number of rotatable bonds is 8. The highest BCUT2D eigenvalue weighted by Gasteiger charge is 2.32. The van der Waals surface area contributed by atoms with E-state index in [4.69, 9.17) is 23.2 Å². The van der Waals surface area contributed by atoms with E-state index in [9.17, 15) is 9.90 Å². The molecule has 3 aromatic carbocycles. The lowest BCUT2D eigenvalue weighted by Gasteiger charge is -2.23. The Morgan fingerprint density at radius 2 is 1.78 bits per heavy atom. The van der Waals surface area contributed by atoms with Crippen molar-refractivity contribution in [2.75, 3.05) is 0 Å². The van der Waals surface area contributed by atoms with Crippen LogP contribution >= 0.6 is 23.2 Å². The maximum absolute atomic E-state index is 15.1. The van der Waals surface area contributed by atoms with Crippen molar-refractivity contribution in [3.05, 3.63) is 122 Å². The fourth-order valence-corrected chi connectivity index (χ4v) is 5.22. The van der Waals surface area contributed by atoms with Gasteiger partial charge in [-0.3, -0.25) is 4.68 Å². The zero-order chi connectivity index (χ0) is 26.0. The van der Waals surface area contributed by atoms with E-state index in [-0.39, 0.29) is 23.1 Å². The third kappa shape index (κ3) is 5.32. The van der Waals surface area contributed by atoms with Crippen LogP contribution < -0.4 is 0 Å². The van der Waals surface area contributed by atoms with Crippen LogP contribution in [0.2, 0.25) is 10.0 Å². The maximum Gasteiger partial charge on any atom is 0.356 e. The molecule has 1 atom stereocenters. The zero-order valence-electron chi connectivity index (χ0n) is 20.3. The molecule has 1 N–H and O–H groups in total. The monoisotopic (exact) mass is 524 g/mol. The van der Waals surface area contributed by atoms with Crippen LogP contribution in [0.5, 0.6) is 0 Å². The van der Waals surface area contributed by atoms with E-state index < -0.39 is 17.7 Å². The fraction of sp³-hybridized carbons (Fsp3) is 0.241. The molecule has 0 radical (unpaired) electrons. The molecule has 0 spiro atoms. The third-order valence-corrected chi connectivity index (χ3v) is 6.89. The highest BCUT2D eigenvalue weighted by molar-refractivity contribution is 6.31. The maximum atomic E-state index is 15.1. The molecule has 0 aliphatic heterocycles. The Kier molecular flexibility index (Phi) is 7.82. The van der Waals surface area contributed by atoms with Gasteiger partial charge in [-0.25, -0.2) is 9.18 Å². The van der Waals surface area contributed by atoms with Crippen LogP contribution in [0, 0.1) is 12.7 Å². The minimum atomic E-state index is -1.12. The molecule has 1 heterocycles. The molecule has 1 unspecified atom stereocenters. The lowest BCUT2D eigenvalue weighted by atomic mass is 9.81. The average Bonchev–Trinajstić information content (AvgIpc) is 3.20. The van der Waals surface area contributed by atoms with Gasteiger partial charge in [0.25, 0.3) is 0 Å². The van der Waals surface area contributed by atoms with Crippen LogP contribution in [-0.2, 0) is 13.0 Å². The smallest absolute Gasteiger partial charge is 0.356 e. The van der Waals surface area contributed by atoms with E-state index in [1.54, 1.807) is 22.9 Å². The Balaban J connectivity index is 1.97. The summed E-state index contributed by atoms with van der Waals surface area (Å²) in [5, 5.41) is 15.4. The average molecular weight is 525 g/mol. The second kappa shape index (κ2) is 10.9. The summed E-state index contributed by atoms with van der Waals surface area (Å²) < 4.78 is 16.8. The molecule has 0 bridgehead atoms. The zero-order valence-corrected chi connectivity index (χ0v) is 21.8. The number of aromatic carboxylic acids is 1. The molecule has 1 aromatic heterocycles. The van der Waals surface area contributed by atoms with Crippen molar-refractivity contribution in [3.8, 4) is 0 Å². The molecule has 7 heteroatoms. The first kappa shape index (κ1) is 25.9. The van der Waals surface area contributed by atoms with Crippen LogP contribution in [0.4, 0.5) is 4.39 Å². The number of nitrogens with zero attached hydrogens (tertiary/aromatic N) is 2. The SMILES string of the molecule is Cc1cc(Cl)ccc1C(Cc1cccc(Cl)c1F)c1c(C(=O)O)nn(Cc2ccccc2)c1C(C)C. The Morgan fingerprint density at radius 1 is 1.06 bits per heavy atom. The molecule has 0 fully saturated rings. The molecular formula is C29H27Cl2FN2O2. The summed E-state index contributed by atoms with van der Waals surface area (Å²) in [7, 11) is 0. The first-order chi connectivity index (χ1) is 17.2. The third-order valence-electron chi connectivity index (χ3n) is 6.37. The van der Waals surface area contributed by atoms with Gasteiger partial charge < -0.3 is 5.11 Å². The highest BCUT2D eigenvalue weighted by atomic mass is 35.5. The summed E-state index contributed by atoms with van der Waals surface area (Å²) in [6.45, 7) is 6.37. The Bertz CT molecular complexity index is 1400. The summed E-state index contributed by atoms with van der Waals surface area (Å²) in [5.74, 6) is -2.15. The topological polar surface area (TPSA) is 55.1 Å². The molecule has 186 valence electrons. The lowest BCUT2D eigenvalue weighted by Crippen LogP contribution is -2.15. The number of hydrogen-bond acceptors (Lipinski definition) is 2. The van der Waals surface area contributed by atoms with Crippen molar-refractivity contribution in [1.82, 2.24) is 9.78 Å². The second-order valence-electron chi connectivity index (χ2n) is 9.22. The molecule has 36 heavy (non-hydrogen) atoms. The normalized spacial score (nSPS) is 12.2. The molecule has 0 aliphatic carbocycles. The van der Waals surface area contributed by atoms with Gasteiger partial charge >= 0.3 is 5.97 Å². The van der Waals surface area contributed by atoms with Gasteiger partial charge in [-0.2, -0.15) is 5.10 Å². The number of carbonyl (C=O) groups is 1. The van der Waals surface area contributed by atoms with E-state index in [1.165, 1.54) is 6.07 Å². The summed E-state index contributed by atoms with van der Waals surface area (Å²) >= 11 is 12.3. The Labute approximate surface area is 220 Å². The number of hydrogen-bond donors (Lipinski definition) is 1. The standard InChI is InChI=1S/C29H27Cl2FN2O2/c1-17(2)28-25(27(29(35)36)33-34(28)16-19-8-5-4-6-9-19)23(22-13-12-21(30)14-18(22)3)15-20-10-7-11-24(31)26(20)32/h4-14,17,23H,15-16H2,1-3H3,(H,35,36). The number of benzene rings is 3. The number of aromatic nitrogens is 2. The molecule has 0 saturated carbocycles. The van der Waals surface area contributed by atoms with E-state index in [0.29, 0.717) is 22.7 Å². The highest BCUT2D eigenvalue weighted by Crippen LogP contribution is 2.39. The Morgan fingerprint density at radius 3 is 2.42 bits per heavy atom. The molecule has 4 aromatic rings. The summed E-state index contributed by atoms with van der Waals surface area (Å²) in [4.78, 5) is 12.5. The van der Waals surface area contributed by atoms with Gasteiger partial charge in [-0.15, -0.1) is 0 Å². The first-order valence-electron chi connectivity index (χ1n) is 11.7. The molecule has 4 nitrogen and oxygen atoms in total. The largest absolute Gasteiger partial charge is 0.476 e. The molecule has 0 amide bonds. The van der Waals surface area contributed by atoms with E-state index in [1.807, 2.05) is 63.2 Å². The fourth-order valence-electron chi connectivity index (χ4n) is 4.80. The minimum absolute atomic E-state index is 0.0291. The molecular weight excluding hydrogens is 498 g/mol. The summed E-state index contributed by atoms with van der Waals surface area (Å²) in [6, 6.07) is 20.2. The summed E-state index contributed by atoms with van der Waals surface area (Å²) in [5.41, 5.74) is 4.51. The second-order valence-corrected chi connectivity index (χ2v) is 10.1. The van der Waals surface area contributed by atoms with Crippen molar-refractivity contribution in [1.29, 1.82) is 0 Å². The molecule has 0 aliphatic rings. The van der Waals surface area contributed by atoms with Gasteiger partial charge in [0, 0.05) is 22.2 Å². The quantitative estimate of drug-likeness (QED) is 0.255. The first-order valence-corrected chi connectivity index (χ1v) is 12.5. The van der Waals surface area contributed by atoms with E-state index in [0.717, 1.165) is 22.4 Å². The van der Waals surface area contributed by atoms with Gasteiger partial charge in [-0.05, 0) is 59.7 Å². The van der Waals surface area contributed by atoms with Crippen molar-refractivity contribution < 1.29 is 14.3 Å². The predicted molar refractivity (Wildman–Crippen MR) is 142 cm³/mol. The van der Waals surface area contributed by atoms with Gasteiger partial charge in [0.2, 0.25) is 0 Å². The molecule has 0 saturated heterocycles. The Hall–Kier alpha value is -3.15. The molecule has 4 rings (SSSR count). The van der Waals surface area contributed by atoms with Crippen LogP contribution in [0.25, 0.3) is 0 Å². The van der Waals surface area contributed by atoms with E-state index in [2.05, 4.69) is 5.10 Å². The lowest BCUT2D eigenvalue weighted by molar-refractivity contribution is 0.0688. The van der Waals surface area contributed by atoms with Gasteiger partial charge in [0.15, 0.2) is 5.69 Å². The number of halogens is 3. The summed E-state index contributed by atoms with van der Waals surface area (Å²) in [6.07, 6.45) is 0.214. The minimum Gasteiger partial charge on any atom is -0.476 e. The van der Waals surface area contributed by atoms with E-state index >= 15 is 4.39 Å². The van der Waals surface area contributed by atoms with Crippen LogP contribution in [0.3, 0.4) is 0 Å². The van der Waals surface area contributed by atoms with Gasteiger partial charge in [-0.1, -0.05) is 85.6 Å². The van der Waals surface area contributed by atoms with Crippen LogP contribution in [0.1, 0.15) is 69.7 Å². The number of aryl methyl sites for hydroxylation is 1. The number of carboxylic acids is 1. The van der Waals surface area contributed by atoms with Crippen LogP contribution in [-0.4, -0.2) is 20.9 Å². The van der Waals surface area contributed by atoms with Crippen molar-refractivity contribution in [2.24, 2.45) is 0 Å². The van der Waals surface area contributed by atoms with Gasteiger partial charge in [0.05, 0.1) is 11.6 Å². The van der Waals surface area contributed by atoms with Gasteiger partial charge in [0.1, 0.15) is 5.82 Å². The van der Waals surface area contributed by atoms with Crippen molar-refractivity contribution in [2.45, 2.75) is 45.6 Å². The predicted octanol–water partition coefficient (Wildman–Crippen LogP) is 7.88. The number of carboxylic acid groups (broad SMARTS) is 1. The van der Waals surface area contributed by atoms with Crippen molar-refractivity contribution in [3.63, 3.8) is 0 Å². The van der Waals surface area contributed by atoms with Crippen LogP contribution in [0.15, 0.2) is 66.7 Å².